The van der Waals surface area contributed by atoms with Crippen molar-refractivity contribution in [2.75, 3.05) is 13.6 Å². The molecule has 3 rings (SSSR count). The first kappa shape index (κ1) is 16.7. The molecule has 1 aromatic heterocycles. The first-order chi connectivity index (χ1) is 11.5. The molecular weight excluding hydrogens is 328 g/mol. The SMILES string of the molecule is CNS(=O)(=O)c1ccc(C(=O)N2CCC[C@@H]2Cc2ccccc2)o1. The summed E-state index contributed by atoms with van der Waals surface area (Å²) in [7, 11) is -2.38. The molecule has 128 valence electrons. The summed E-state index contributed by atoms with van der Waals surface area (Å²) in [5.41, 5.74) is 1.18. The van der Waals surface area contributed by atoms with Crippen molar-refractivity contribution in [1.82, 2.24) is 9.62 Å². The number of rotatable bonds is 5. The van der Waals surface area contributed by atoms with Gasteiger partial charge in [-0.2, -0.15) is 0 Å². The molecular formula is C17H20N2O4S. The van der Waals surface area contributed by atoms with Gasteiger partial charge in [-0.05, 0) is 44.0 Å². The molecule has 1 aliphatic rings. The maximum Gasteiger partial charge on any atom is 0.289 e. The van der Waals surface area contributed by atoms with Crippen molar-refractivity contribution in [3.63, 3.8) is 0 Å². The van der Waals surface area contributed by atoms with Crippen LogP contribution in [0.4, 0.5) is 0 Å². The van der Waals surface area contributed by atoms with Crippen LogP contribution in [0.3, 0.4) is 0 Å². The minimum Gasteiger partial charge on any atom is -0.438 e. The summed E-state index contributed by atoms with van der Waals surface area (Å²) >= 11 is 0. The summed E-state index contributed by atoms with van der Waals surface area (Å²) in [4.78, 5) is 14.5. The molecule has 0 spiro atoms. The summed E-state index contributed by atoms with van der Waals surface area (Å²) in [5, 5.41) is -0.243. The Balaban J connectivity index is 1.76. The number of sulfonamides is 1. The van der Waals surface area contributed by atoms with E-state index in [2.05, 4.69) is 4.72 Å². The van der Waals surface area contributed by atoms with Crippen LogP contribution in [-0.2, 0) is 16.4 Å². The molecule has 0 bridgehead atoms. The number of amides is 1. The summed E-state index contributed by atoms with van der Waals surface area (Å²) in [6, 6.07) is 12.9. The van der Waals surface area contributed by atoms with Gasteiger partial charge in [-0.1, -0.05) is 30.3 Å². The fourth-order valence-corrected chi connectivity index (χ4v) is 3.67. The van der Waals surface area contributed by atoms with Gasteiger partial charge >= 0.3 is 0 Å². The third-order valence-corrected chi connectivity index (χ3v) is 5.56. The Bertz CT molecular complexity index is 814. The zero-order chi connectivity index (χ0) is 17.2. The number of hydrogen-bond acceptors (Lipinski definition) is 4. The second-order valence-corrected chi connectivity index (χ2v) is 7.63. The van der Waals surface area contributed by atoms with Crippen LogP contribution in [0.25, 0.3) is 0 Å². The van der Waals surface area contributed by atoms with Crippen molar-refractivity contribution in [2.24, 2.45) is 0 Å². The average Bonchev–Trinajstić information content (AvgIpc) is 3.25. The van der Waals surface area contributed by atoms with Gasteiger partial charge in [0.15, 0.2) is 5.76 Å². The summed E-state index contributed by atoms with van der Waals surface area (Å²) in [6.45, 7) is 0.658. The van der Waals surface area contributed by atoms with E-state index < -0.39 is 10.0 Å². The topological polar surface area (TPSA) is 79.6 Å². The lowest BCUT2D eigenvalue weighted by Gasteiger charge is -2.23. The lowest BCUT2D eigenvalue weighted by molar-refractivity contribution is 0.0698. The molecule has 1 aromatic carbocycles. The van der Waals surface area contributed by atoms with E-state index in [0.29, 0.717) is 6.54 Å². The Morgan fingerprint density at radius 2 is 2.00 bits per heavy atom. The molecule has 1 atom stereocenters. The number of benzene rings is 1. The minimum absolute atomic E-state index is 0.0591. The fourth-order valence-electron chi connectivity index (χ4n) is 3.02. The highest BCUT2D eigenvalue weighted by Crippen LogP contribution is 2.24. The largest absolute Gasteiger partial charge is 0.438 e. The van der Waals surface area contributed by atoms with Crippen LogP contribution in [0.15, 0.2) is 52.0 Å². The van der Waals surface area contributed by atoms with Crippen LogP contribution < -0.4 is 4.72 Å². The smallest absolute Gasteiger partial charge is 0.289 e. The van der Waals surface area contributed by atoms with Crippen molar-refractivity contribution < 1.29 is 17.6 Å². The summed E-state index contributed by atoms with van der Waals surface area (Å²) in [6.07, 6.45) is 2.66. The molecule has 2 aromatic rings. The molecule has 1 saturated heterocycles. The van der Waals surface area contributed by atoms with Crippen molar-refractivity contribution in [3.8, 4) is 0 Å². The Hall–Kier alpha value is -2.12. The molecule has 1 fully saturated rings. The molecule has 1 amide bonds. The van der Waals surface area contributed by atoms with Gasteiger partial charge < -0.3 is 9.32 Å². The van der Waals surface area contributed by atoms with Gasteiger partial charge in [0.25, 0.3) is 15.9 Å². The highest BCUT2D eigenvalue weighted by molar-refractivity contribution is 7.89. The molecule has 2 heterocycles. The van der Waals surface area contributed by atoms with Gasteiger partial charge in [-0.25, -0.2) is 13.1 Å². The molecule has 0 saturated carbocycles. The zero-order valence-corrected chi connectivity index (χ0v) is 14.3. The number of nitrogens with zero attached hydrogens (tertiary/aromatic N) is 1. The van der Waals surface area contributed by atoms with Crippen molar-refractivity contribution in [1.29, 1.82) is 0 Å². The van der Waals surface area contributed by atoms with E-state index in [-0.39, 0.29) is 22.8 Å². The lowest BCUT2D eigenvalue weighted by Crippen LogP contribution is -2.36. The lowest BCUT2D eigenvalue weighted by atomic mass is 10.0. The Morgan fingerprint density at radius 1 is 1.25 bits per heavy atom. The van der Waals surface area contributed by atoms with E-state index >= 15 is 0 Å². The first-order valence-electron chi connectivity index (χ1n) is 7.89. The maximum absolute atomic E-state index is 12.7. The van der Waals surface area contributed by atoms with Crippen LogP contribution in [0, 0.1) is 0 Å². The van der Waals surface area contributed by atoms with Crippen molar-refractivity contribution >= 4 is 15.9 Å². The minimum atomic E-state index is -3.68. The summed E-state index contributed by atoms with van der Waals surface area (Å²) in [5.74, 6) is -0.199. The third-order valence-electron chi connectivity index (χ3n) is 4.28. The van der Waals surface area contributed by atoms with Gasteiger partial charge in [0.2, 0.25) is 5.09 Å². The number of carbonyl (C=O) groups excluding carboxylic acids is 1. The molecule has 1 N–H and O–H groups in total. The molecule has 0 unspecified atom stereocenters. The molecule has 0 aliphatic carbocycles. The Kier molecular flexibility index (Phi) is 4.73. The standard InChI is InChI=1S/C17H20N2O4S/c1-18-24(21,22)16-10-9-15(23-16)17(20)19-11-5-8-14(19)12-13-6-3-2-4-7-13/h2-4,6-7,9-10,14,18H,5,8,11-12H2,1H3/t14-/m1/s1. The number of nitrogens with one attached hydrogen (secondary N) is 1. The Morgan fingerprint density at radius 3 is 2.71 bits per heavy atom. The number of likely N-dealkylation sites (tertiary alicyclic amines) is 1. The van der Waals surface area contributed by atoms with Crippen molar-refractivity contribution in [2.45, 2.75) is 30.4 Å². The van der Waals surface area contributed by atoms with Crippen LogP contribution >= 0.6 is 0 Å². The fraction of sp³-hybridized carbons (Fsp3) is 0.353. The van der Waals surface area contributed by atoms with Gasteiger partial charge in [-0.3, -0.25) is 4.79 Å². The van der Waals surface area contributed by atoms with Gasteiger partial charge in [0.1, 0.15) is 0 Å². The summed E-state index contributed by atoms with van der Waals surface area (Å²) < 4.78 is 30.9. The molecule has 0 radical (unpaired) electrons. The Labute approximate surface area is 141 Å². The molecule has 6 nitrogen and oxygen atoms in total. The van der Waals surface area contributed by atoms with Gasteiger partial charge in [0, 0.05) is 12.6 Å². The second kappa shape index (κ2) is 6.78. The maximum atomic E-state index is 12.7. The highest BCUT2D eigenvalue weighted by atomic mass is 32.2. The van der Waals surface area contributed by atoms with Crippen molar-refractivity contribution in [3.05, 3.63) is 53.8 Å². The van der Waals surface area contributed by atoms with E-state index in [9.17, 15) is 13.2 Å². The predicted molar refractivity (Wildman–Crippen MR) is 89.2 cm³/mol. The second-order valence-electron chi connectivity index (χ2n) is 5.81. The normalized spacial score (nSPS) is 18.0. The highest BCUT2D eigenvalue weighted by Gasteiger charge is 2.31. The van der Waals surface area contributed by atoms with E-state index in [0.717, 1.165) is 19.3 Å². The number of furan rings is 1. The quantitative estimate of drug-likeness (QED) is 0.897. The molecule has 7 heteroatoms. The number of hydrogen-bond donors (Lipinski definition) is 1. The molecule has 24 heavy (non-hydrogen) atoms. The van der Waals surface area contributed by atoms with E-state index in [1.54, 1.807) is 4.90 Å². The van der Waals surface area contributed by atoms with Crippen LogP contribution in [0.5, 0.6) is 0 Å². The molecule has 1 aliphatic heterocycles. The average molecular weight is 348 g/mol. The van der Waals surface area contributed by atoms with E-state index in [1.807, 2.05) is 30.3 Å². The zero-order valence-electron chi connectivity index (χ0n) is 13.4. The first-order valence-corrected chi connectivity index (χ1v) is 9.38. The van der Waals surface area contributed by atoms with Gasteiger partial charge in [-0.15, -0.1) is 0 Å². The van der Waals surface area contributed by atoms with Gasteiger partial charge in [0.05, 0.1) is 0 Å². The third kappa shape index (κ3) is 3.37. The number of carbonyl (C=O) groups is 1. The predicted octanol–water partition coefficient (Wildman–Crippen LogP) is 2.03. The monoisotopic (exact) mass is 348 g/mol. The van der Waals surface area contributed by atoms with Crippen LogP contribution in [0.1, 0.15) is 29.0 Å². The van der Waals surface area contributed by atoms with Crippen LogP contribution in [-0.4, -0.2) is 38.9 Å². The van der Waals surface area contributed by atoms with E-state index in [1.165, 1.54) is 24.7 Å². The van der Waals surface area contributed by atoms with Crippen LogP contribution in [0.2, 0.25) is 0 Å². The van der Waals surface area contributed by atoms with E-state index in [4.69, 9.17) is 4.42 Å².